The molecule has 0 amide bonds. The summed E-state index contributed by atoms with van der Waals surface area (Å²) in [6.45, 7) is 9.27. The molecule has 3 heteroatoms. The fourth-order valence-electron chi connectivity index (χ4n) is 2.56. The Morgan fingerprint density at radius 2 is 2.00 bits per heavy atom. The van der Waals surface area contributed by atoms with Crippen LogP contribution in [0.2, 0.25) is 0 Å². The van der Waals surface area contributed by atoms with Gasteiger partial charge >= 0.3 is 0 Å². The third-order valence-electron chi connectivity index (χ3n) is 4.01. The van der Waals surface area contributed by atoms with E-state index in [1.165, 1.54) is 23.4 Å². The number of para-hydroxylation sites is 1. The van der Waals surface area contributed by atoms with Crippen LogP contribution in [0.3, 0.4) is 0 Å². The molecule has 0 aliphatic carbocycles. The van der Waals surface area contributed by atoms with Crippen molar-refractivity contribution in [2.24, 2.45) is 0 Å². The van der Waals surface area contributed by atoms with Gasteiger partial charge < -0.3 is 10.2 Å². The van der Waals surface area contributed by atoms with Crippen molar-refractivity contribution in [2.45, 2.75) is 38.0 Å². The monoisotopic (exact) mass is 278 g/mol. The Labute approximate surface area is 122 Å². The van der Waals surface area contributed by atoms with Crippen molar-refractivity contribution in [1.82, 2.24) is 5.32 Å². The van der Waals surface area contributed by atoms with Gasteiger partial charge in [0, 0.05) is 35.3 Å². The SMILES string of the molecule is CNC(C)c1ccccc1N1CCSC(C)(C)CC1. The lowest BCUT2D eigenvalue weighted by atomic mass is 10.0. The highest BCUT2D eigenvalue weighted by atomic mass is 32.2. The van der Waals surface area contributed by atoms with Crippen LogP contribution in [0.5, 0.6) is 0 Å². The lowest BCUT2D eigenvalue weighted by Gasteiger charge is -2.28. The molecule has 0 bridgehead atoms. The molecule has 1 aliphatic heterocycles. The molecule has 19 heavy (non-hydrogen) atoms. The number of thioether (sulfide) groups is 1. The molecule has 1 N–H and O–H groups in total. The molecule has 1 aliphatic rings. The van der Waals surface area contributed by atoms with E-state index in [4.69, 9.17) is 0 Å². The first kappa shape index (κ1) is 14.7. The van der Waals surface area contributed by atoms with Gasteiger partial charge in [-0.2, -0.15) is 11.8 Å². The normalized spacial score (nSPS) is 20.9. The lowest BCUT2D eigenvalue weighted by Crippen LogP contribution is -2.29. The second-order valence-corrected chi connectivity index (χ2v) is 7.72. The topological polar surface area (TPSA) is 15.3 Å². The zero-order chi connectivity index (χ0) is 13.9. The summed E-state index contributed by atoms with van der Waals surface area (Å²) in [5.74, 6) is 1.22. The van der Waals surface area contributed by atoms with E-state index in [9.17, 15) is 0 Å². The van der Waals surface area contributed by atoms with E-state index < -0.39 is 0 Å². The summed E-state index contributed by atoms with van der Waals surface area (Å²) < 4.78 is 0.415. The van der Waals surface area contributed by atoms with Gasteiger partial charge in [-0.1, -0.05) is 32.0 Å². The van der Waals surface area contributed by atoms with Crippen molar-refractivity contribution in [3.63, 3.8) is 0 Å². The van der Waals surface area contributed by atoms with Crippen molar-refractivity contribution < 1.29 is 0 Å². The average molecular weight is 278 g/mol. The molecule has 0 spiro atoms. The first-order valence-electron chi connectivity index (χ1n) is 7.18. The maximum atomic E-state index is 3.36. The van der Waals surface area contributed by atoms with Crippen LogP contribution in [-0.4, -0.2) is 30.6 Å². The van der Waals surface area contributed by atoms with Crippen LogP contribution >= 0.6 is 11.8 Å². The van der Waals surface area contributed by atoms with Crippen LogP contribution in [0, 0.1) is 0 Å². The second-order valence-electron chi connectivity index (χ2n) is 5.91. The van der Waals surface area contributed by atoms with Crippen molar-refractivity contribution in [2.75, 3.05) is 30.8 Å². The summed E-state index contributed by atoms with van der Waals surface area (Å²) in [7, 11) is 2.03. The van der Waals surface area contributed by atoms with E-state index in [0.29, 0.717) is 10.8 Å². The number of nitrogens with zero attached hydrogens (tertiary/aromatic N) is 1. The van der Waals surface area contributed by atoms with Gasteiger partial charge in [0.25, 0.3) is 0 Å². The molecule has 1 fully saturated rings. The highest BCUT2D eigenvalue weighted by Gasteiger charge is 2.25. The summed E-state index contributed by atoms with van der Waals surface area (Å²) >= 11 is 2.10. The maximum absolute atomic E-state index is 3.36. The van der Waals surface area contributed by atoms with E-state index in [-0.39, 0.29) is 0 Å². The summed E-state index contributed by atoms with van der Waals surface area (Å²) in [6.07, 6.45) is 1.25. The molecule has 0 radical (unpaired) electrons. The zero-order valence-electron chi connectivity index (χ0n) is 12.6. The minimum absolute atomic E-state index is 0.403. The average Bonchev–Trinajstić information content (AvgIpc) is 2.59. The number of hydrogen-bond acceptors (Lipinski definition) is 3. The molecule has 2 rings (SSSR count). The Kier molecular flexibility index (Phi) is 4.80. The first-order chi connectivity index (χ1) is 9.03. The fourth-order valence-corrected chi connectivity index (χ4v) is 3.66. The van der Waals surface area contributed by atoms with Crippen molar-refractivity contribution in [3.05, 3.63) is 29.8 Å². The van der Waals surface area contributed by atoms with E-state index >= 15 is 0 Å². The fraction of sp³-hybridized carbons (Fsp3) is 0.625. The quantitative estimate of drug-likeness (QED) is 0.908. The maximum Gasteiger partial charge on any atom is 0.0414 e. The van der Waals surface area contributed by atoms with Gasteiger partial charge in [0.2, 0.25) is 0 Å². The summed E-state index contributed by atoms with van der Waals surface area (Å²) in [5.41, 5.74) is 2.82. The Hall–Kier alpha value is -0.670. The van der Waals surface area contributed by atoms with E-state index in [1.54, 1.807) is 0 Å². The predicted molar refractivity (Wildman–Crippen MR) is 87.3 cm³/mol. The standard InChI is InChI=1S/C16H26N2S/c1-13(17-4)14-7-5-6-8-15(14)18-10-9-16(2,3)19-12-11-18/h5-8,13,17H,9-12H2,1-4H3. The second kappa shape index (κ2) is 6.19. The van der Waals surface area contributed by atoms with Crippen LogP contribution in [-0.2, 0) is 0 Å². The third kappa shape index (κ3) is 3.67. The Morgan fingerprint density at radius 3 is 2.74 bits per heavy atom. The van der Waals surface area contributed by atoms with E-state index in [2.05, 4.69) is 67.0 Å². The molecule has 0 aromatic heterocycles. The van der Waals surface area contributed by atoms with Gasteiger partial charge in [-0.3, -0.25) is 0 Å². The molecule has 0 saturated carbocycles. The number of nitrogens with one attached hydrogen (secondary N) is 1. The van der Waals surface area contributed by atoms with Crippen LogP contribution in [0.4, 0.5) is 5.69 Å². The van der Waals surface area contributed by atoms with Gasteiger partial charge in [0.05, 0.1) is 0 Å². The Morgan fingerprint density at radius 1 is 1.26 bits per heavy atom. The number of benzene rings is 1. The van der Waals surface area contributed by atoms with Crippen molar-refractivity contribution in [3.8, 4) is 0 Å². The smallest absolute Gasteiger partial charge is 0.0414 e. The molecular formula is C16H26N2S. The van der Waals surface area contributed by atoms with Crippen molar-refractivity contribution >= 4 is 17.4 Å². The van der Waals surface area contributed by atoms with Gasteiger partial charge in [-0.25, -0.2) is 0 Å². The molecule has 1 atom stereocenters. The number of rotatable bonds is 3. The minimum Gasteiger partial charge on any atom is -0.370 e. The van der Waals surface area contributed by atoms with Gasteiger partial charge in [-0.15, -0.1) is 0 Å². The third-order valence-corrected chi connectivity index (χ3v) is 5.39. The molecular weight excluding hydrogens is 252 g/mol. The molecule has 1 heterocycles. The summed E-state index contributed by atoms with van der Waals surface area (Å²) in [6, 6.07) is 9.22. The Balaban J connectivity index is 2.22. The lowest BCUT2D eigenvalue weighted by molar-refractivity contribution is 0.625. The molecule has 2 nitrogen and oxygen atoms in total. The molecule has 1 aromatic carbocycles. The molecule has 1 aromatic rings. The Bertz CT molecular complexity index is 417. The van der Waals surface area contributed by atoms with Crippen LogP contribution < -0.4 is 10.2 Å². The zero-order valence-corrected chi connectivity index (χ0v) is 13.4. The highest BCUT2D eigenvalue weighted by molar-refractivity contribution is 8.00. The van der Waals surface area contributed by atoms with E-state index in [1.807, 2.05) is 7.05 Å². The van der Waals surface area contributed by atoms with Gasteiger partial charge in [0.1, 0.15) is 0 Å². The van der Waals surface area contributed by atoms with Crippen LogP contribution in [0.15, 0.2) is 24.3 Å². The van der Waals surface area contributed by atoms with Crippen molar-refractivity contribution in [1.29, 1.82) is 0 Å². The summed E-state index contributed by atoms with van der Waals surface area (Å²) in [5, 5.41) is 3.36. The molecule has 1 saturated heterocycles. The van der Waals surface area contributed by atoms with Gasteiger partial charge in [-0.05, 0) is 32.0 Å². The van der Waals surface area contributed by atoms with Crippen LogP contribution in [0.25, 0.3) is 0 Å². The van der Waals surface area contributed by atoms with Gasteiger partial charge in [0.15, 0.2) is 0 Å². The minimum atomic E-state index is 0.403. The molecule has 1 unspecified atom stereocenters. The van der Waals surface area contributed by atoms with Crippen LogP contribution in [0.1, 0.15) is 38.8 Å². The largest absolute Gasteiger partial charge is 0.370 e. The predicted octanol–water partition coefficient (Wildman–Crippen LogP) is 3.69. The summed E-state index contributed by atoms with van der Waals surface area (Å²) in [4.78, 5) is 2.56. The number of anilines is 1. The number of hydrogen-bond donors (Lipinski definition) is 1. The first-order valence-corrected chi connectivity index (χ1v) is 8.17. The highest BCUT2D eigenvalue weighted by Crippen LogP contribution is 2.34. The molecule has 106 valence electrons. The van der Waals surface area contributed by atoms with E-state index in [0.717, 1.165) is 13.1 Å².